The van der Waals surface area contributed by atoms with E-state index in [4.69, 9.17) is 26.8 Å². The summed E-state index contributed by atoms with van der Waals surface area (Å²) in [5.41, 5.74) is 7.28. The van der Waals surface area contributed by atoms with Crippen molar-refractivity contribution in [3.63, 3.8) is 0 Å². The standard InChI is InChI=1S/C11H17ClN2O2/c1-15-7-9(16-2)6-14-11-4-3-8(12)5-10(11)13/h3-5,9,14H,6-7,13H2,1-2H3. The fourth-order valence-corrected chi connectivity index (χ4v) is 1.50. The highest BCUT2D eigenvalue weighted by Gasteiger charge is 2.07. The Morgan fingerprint density at radius 2 is 2.19 bits per heavy atom. The predicted molar refractivity (Wildman–Crippen MR) is 67.0 cm³/mol. The fraction of sp³-hybridized carbons (Fsp3) is 0.455. The van der Waals surface area contributed by atoms with Crippen LogP contribution in [0.3, 0.4) is 0 Å². The van der Waals surface area contributed by atoms with Crippen molar-refractivity contribution < 1.29 is 9.47 Å². The zero-order chi connectivity index (χ0) is 12.0. The van der Waals surface area contributed by atoms with Crippen LogP contribution in [-0.2, 0) is 9.47 Å². The maximum atomic E-state index is 5.80. The van der Waals surface area contributed by atoms with Crippen LogP contribution in [0.2, 0.25) is 5.02 Å². The molecule has 0 saturated heterocycles. The third-order valence-corrected chi connectivity index (χ3v) is 2.45. The van der Waals surface area contributed by atoms with Gasteiger partial charge in [0.15, 0.2) is 0 Å². The van der Waals surface area contributed by atoms with Crippen molar-refractivity contribution in [3.8, 4) is 0 Å². The van der Waals surface area contributed by atoms with Crippen molar-refractivity contribution >= 4 is 23.0 Å². The summed E-state index contributed by atoms with van der Waals surface area (Å²) >= 11 is 5.80. The number of nitrogen functional groups attached to an aromatic ring is 1. The summed E-state index contributed by atoms with van der Waals surface area (Å²) in [4.78, 5) is 0. The van der Waals surface area contributed by atoms with Gasteiger partial charge in [0.2, 0.25) is 0 Å². The third kappa shape index (κ3) is 3.89. The Morgan fingerprint density at radius 3 is 2.75 bits per heavy atom. The largest absolute Gasteiger partial charge is 0.397 e. The number of hydrogen-bond acceptors (Lipinski definition) is 4. The molecule has 3 N–H and O–H groups in total. The molecule has 1 unspecified atom stereocenters. The SMILES string of the molecule is COCC(CNc1ccc(Cl)cc1N)OC. The highest BCUT2D eigenvalue weighted by Crippen LogP contribution is 2.22. The Bertz CT molecular complexity index is 334. The molecular weight excluding hydrogens is 228 g/mol. The molecule has 0 aliphatic heterocycles. The van der Waals surface area contributed by atoms with E-state index < -0.39 is 0 Å². The molecule has 0 aromatic heterocycles. The van der Waals surface area contributed by atoms with Gasteiger partial charge in [0.1, 0.15) is 0 Å². The number of ether oxygens (including phenoxy) is 2. The Morgan fingerprint density at radius 1 is 1.44 bits per heavy atom. The third-order valence-electron chi connectivity index (χ3n) is 2.22. The second-order valence-electron chi connectivity index (χ2n) is 3.43. The van der Waals surface area contributed by atoms with Gasteiger partial charge >= 0.3 is 0 Å². The van der Waals surface area contributed by atoms with E-state index in [2.05, 4.69) is 5.32 Å². The number of benzene rings is 1. The van der Waals surface area contributed by atoms with E-state index in [1.165, 1.54) is 0 Å². The first-order valence-electron chi connectivity index (χ1n) is 4.98. The lowest BCUT2D eigenvalue weighted by atomic mass is 10.2. The highest BCUT2D eigenvalue weighted by atomic mass is 35.5. The Labute approximate surface area is 101 Å². The molecule has 0 spiro atoms. The van der Waals surface area contributed by atoms with E-state index in [0.29, 0.717) is 23.9 Å². The first-order valence-corrected chi connectivity index (χ1v) is 5.35. The lowest BCUT2D eigenvalue weighted by molar-refractivity contribution is 0.0366. The lowest BCUT2D eigenvalue weighted by Gasteiger charge is -2.16. The lowest BCUT2D eigenvalue weighted by Crippen LogP contribution is -2.26. The molecule has 16 heavy (non-hydrogen) atoms. The molecule has 0 radical (unpaired) electrons. The molecule has 1 aromatic rings. The van der Waals surface area contributed by atoms with E-state index in [1.807, 2.05) is 6.07 Å². The number of nitrogens with one attached hydrogen (secondary N) is 1. The van der Waals surface area contributed by atoms with E-state index in [1.54, 1.807) is 26.4 Å². The minimum Gasteiger partial charge on any atom is -0.397 e. The van der Waals surface area contributed by atoms with Gasteiger partial charge in [-0.2, -0.15) is 0 Å². The topological polar surface area (TPSA) is 56.5 Å². The molecule has 0 aliphatic rings. The van der Waals surface area contributed by atoms with Gasteiger partial charge in [-0.1, -0.05) is 11.6 Å². The maximum absolute atomic E-state index is 5.80. The molecule has 0 fully saturated rings. The van der Waals surface area contributed by atoms with E-state index in [9.17, 15) is 0 Å². The van der Waals surface area contributed by atoms with Gasteiger partial charge < -0.3 is 20.5 Å². The second-order valence-corrected chi connectivity index (χ2v) is 3.86. The van der Waals surface area contributed by atoms with E-state index in [0.717, 1.165) is 5.69 Å². The van der Waals surface area contributed by atoms with Crippen molar-refractivity contribution in [3.05, 3.63) is 23.2 Å². The van der Waals surface area contributed by atoms with Crippen LogP contribution in [0.1, 0.15) is 0 Å². The molecule has 1 atom stereocenters. The molecule has 0 heterocycles. The van der Waals surface area contributed by atoms with Crippen LogP contribution in [0.15, 0.2) is 18.2 Å². The number of nitrogens with two attached hydrogens (primary N) is 1. The van der Waals surface area contributed by atoms with Crippen LogP contribution in [0, 0.1) is 0 Å². The summed E-state index contributed by atoms with van der Waals surface area (Å²) in [7, 11) is 3.29. The summed E-state index contributed by atoms with van der Waals surface area (Å²) in [6, 6.07) is 5.34. The summed E-state index contributed by atoms with van der Waals surface area (Å²) in [6.07, 6.45) is 0.0000723. The minimum atomic E-state index is 0.0000723. The van der Waals surface area contributed by atoms with E-state index in [-0.39, 0.29) is 6.10 Å². The maximum Gasteiger partial charge on any atom is 0.0976 e. The van der Waals surface area contributed by atoms with Crippen LogP contribution in [0.5, 0.6) is 0 Å². The number of hydrogen-bond donors (Lipinski definition) is 2. The van der Waals surface area contributed by atoms with Crippen LogP contribution in [0.4, 0.5) is 11.4 Å². The quantitative estimate of drug-likeness (QED) is 0.752. The van der Waals surface area contributed by atoms with Gasteiger partial charge in [-0.25, -0.2) is 0 Å². The van der Waals surface area contributed by atoms with Gasteiger partial charge in [-0.15, -0.1) is 0 Å². The fourth-order valence-electron chi connectivity index (χ4n) is 1.31. The Kier molecular flexibility index (Phi) is 5.38. The van der Waals surface area contributed by atoms with E-state index >= 15 is 0 Å². The average Bonchev–Trinajstić information content (AvgIpc) is 2.26. The second kappa shape index (κ2) is 6.58. The zero-order valence-corrected chi connectivity index (χ0v) is 10.3. The van der Waals surface area contributed by atoms with Crippen molar-refractivity contribution in [2.75, 3.05) is 38.4 Å². The van der Waals surface area contributed by atoms with Gasteiger partial charge in [0.05, 0.1) is 24.1 Å². The summed E-state index contributed by atoms with van der Waals surface area (Å²) in [6.45, 7) is 1.17. The highest BCUT2D eigenvalue weighted by molar-refractivity contribution is 6.31. The summed E-state index contributed by atoms with van der Waals surface area (Å²) in [5, 5.41) is 3.82. The van der Waals surface area contributed by atoms with Gasteiger partial charge in [0.25, 0.3) is 0 Å². The van der Waals surface area contributed by atoms with Crippen molar-refractivity contribution in [2.45, 2.75) is 6.10 Å². The van der Waals surface area contributed by atoms with Crippen molar-refractivity contribution in [2.24, 2.45) is 0 Å². The molecule has 0 aliphatic carbocycles. The first kappa shape index (κ1) is 13.1. The molecule has 0 saturated carbocycles. The van der Waals surface area contributed by atoms with Crippen LogP contribution in [-0.4, -0.2) is 33.5 Å². The van der Waals surface area contributed by atoms with Crippen LogP contribution >= 0.6 is 11.6 Å². The molecule has 4 nitrogen and oxygen atoms in total. The number of halogens is 1. The Balaban J connectivity index is 2.53. The minimum absolute atomic E-state index is 0.0000723. The molecule has 1 rings (SSSR count). The molecule has 0 bridgehead atoms. The monoisotopic (exact) mass is 244 g/mol. The van der Waals surface area contributed by atoms with Gasteiger partial charge in [0, 0.05) is 25.8 Å². The van der Waals surface area contributed by atoms with Crippen molar-refractivity contribution in [1.29, 1.82) is 0 Å². The summed E-state index contributed by atoms with van der Waals surface area (Å²) in [5.74, 6) is 0. The first-order chi connectivity index (χ1) is 7.67. The molecule has 5 heteroatoms. The molecule has 90 valence electrons. The normalized spacial score (nSPS) is 12.4. The average molecular weight is 245 g/mol. The van der Waals surface area contributed by atoms with Gasteiger partial charge in [-0.05, 0) is 18.2 Å². The Hall–Kier alpha value is -0.970. The van der Waals surface area contributed by atoms with Crippen molar-refractivity contribution in [1.82, 2.24) is 0 Å². The molecular formula is C11H17ClN2O2. The number of anilines is 2. The number of methoxy groups -OCH3 is 2. The summed E-state index contributed by atoms with van der Waals surface area (Å²) < 4.78 is 10.2. The van der Waals surface area contributed by atoms with Gasteiger partial charge in [-0.3, -0.25) is 0 Å². The zero-order valence-electron chi connectivity index (χ0n) is 9.50. The predicted octanol–water partition coefficient (Wildman–Crippen LogP) is 2.00. The van der Waals surface area contributed by atoms with Crippen LogP contribution in [0.25, 0.3) is 0 Å². The molecule has 1 aromatic carbocycles. The smallest absolute Gasteiger partial charge is 0.0976 e. The molecule has 0 amide bonds. The number of rotatable bonds is 6. The van der Waals surface area contributed by atoms with Crippen LogP contribution < -0.4 is 11.1 Å².